The molecular weight excluding hydrogens is 428 g/mol. The minimum Gasteiger partial charge on any atom is -0.456 e. The third-order valence-electron chi connectivity index (χ3n) is 6.93. The Kier molecular flexibility index (Phi) is 6.36. The number of carbonyl (C=O) groups is 2. The maximum atomic E-state index is 13.0. The number of benzene rings is 1. The summed E-state index contributed by atoms with van der Waals surface area (Å²) in [5, 5.41) is 10.8. The quantitative estimate of drug-likeness (QED) is 0.196. The van der Waals surface area contributed by atoms with E-state index in [9.17, 15) is 19.7 Å². The first-order chi connectivity index (χ1) is 14.7. The number of ether oxygens (including phenoxy) is 1. The van der Waals surface area contributed by atoms with Crippen molar-refractivity contribution in [1.29, 1.82) is 0 Å². The van der Waals surface area contributed by atoms with E-state index in [0.717, 1.165) is 0 Å². The second-order valence-corrected chi connectivity index (χ2v) is 15.0. The standard InChI is InChI=1S/C23H32N2O6Si/c1-14-12-18(22(27)30-13-16-8-10-17(11-9-16)25(28)29)24-20(14)19(21(24)26)15(2)31-32(6,7)23(3,4)5/h8-12,14-15,19-20H,13H2,1-7H3/t14?,15-,19?,20?/m1/s1. The normalized spacial score (nSPS) is 23.8. The molecule has 3 unspecified atom stereocenters. The van der Waals surface area contributed by atoms with Gasteiger partial charge in [-0.3, -0.25) is 14.9 Å². The van der Waals surface area contributed by atoms with Gasteiger partial charge in [-0.05, 0) is 54.7 Å². The van der Waals surface area contributed by atoms with Crippen LogP contribution < -0.4 is 0 Å². The van der Waals surface area contributed by atoms with Crippen molar-refractivity contribution in [3.8, 4) is 0 Å². The van der Waals surface area contributed by atoms with E-state index in [0.29, 0.717) is 5.56 Å². The summed E-state index contributed by atoms with van der Waals surface area (Å²) in [6, 6.07) is 5.71. The molecule has 32 heavy (non-hydrogen) atoms. The molecule has 2 heterocycles. The topological polar surface area (TPSA) is 99.0 Å². The van der Waals surface area contributed by atoms with E-state index in [2.05, 4.69) is 33.9 Å². The van der Waals surface area contributed by atoms with Gasteiger partial charge in [0.1, 0.15) is 12.3 Å². The van der Waals surface area contributed by atoms with E-state index < -0.39 is 19.2 Å². The van der Waals surface area contributed by atoms with E-state index >= 15 is 0 Å². The van der Waals surface area contributed by atoms with Gasteiger partial charge < -0.3 is 14.1 Å². The summed E-state index contributed by atoms with van der Waals surface area (Å²) in [4.78, 5) is 37.5. The number of nitro benzene ring substituents is 1. The summed E-state index contributed by atoms with van der Waals surface area (Å²) in [6.45, 7) is 14.8. The van der Waals surface area contributed by atoms with Crippen molar-refractivity contribution in [2.24, 2.45) is 11.8 Å². The van der Waals surface area contributed by atoms with Crippen LogP contribution in [0, 0.1) is 22.0 Å². The smallest absolute Gasteiger partial charge is 0.355 e. The molecule has 2 aliphatic rings. The minimum atomic E-state index is -2.03. The number of fused-ring (bicyclic) bond motifs is 1. The lowest BCUT2D eigenvalue weighted by Gasteiger charge is -2.50. The van der Waals surface area contributed by atoms with Gasteiger partial charge >= 0.3 is 5.97 Å². The molecule has 0 aromatic heterocycles. The highest BCUT2D eigenvalue weighted by Gasteiger charge is 2.58. The molecule has 8 nitrogen and oxygen atoms in total. The van der Waals surface area contributed by atoms with Gasteiger partial charge in [-0.15, -0.1) is 0 Å². The fourth-order valence-corrected chi connectivity index (χ4v) is 5.53. The number of carbonyl (C=O) groups excluding carboxylic acids is 2. The van der Waals surface area contributed by atoms with Gasteiger partial charge in [-0.25, -0.2) is 4.79 Å². The van der Waals surface area contributed by atoms with Gasteiger partial charge in [-0.1, -0.05) is 27.7 Å². The Morgan fingerprint density at radius 3 is 2.38 bits per heavy atom. The van der Waals surface area contributed by atoms with Crippen molar-refractivity contribution >= 4 is 25.9 Å². The monoisotopic (exact) mass is 460 g/mol. The average molecular weight is 461 g/mol. The molecule has 0 aliphatic carbocycles. The molecule has 0 N–H and O–H groups in total. The number of non-ortho nitro benzene ring substituents is 1. The van der Waals surface area contributed by atoms with Crippen LogP contribution in [0.25, 0.3) is 0 Å². The summed E-state index contributed by atoms with van der Waals surface area (Å²) in [7, 11) is -2.03. The van der Waals surface area contributed by atoms with E-state index in [1.165, 1.54) is 12.1 Å². The number of nitro groups is 1. The lowest BCUT2D eigenvalue weighted by molar-refractivity contribution is -0.384. The van der Waals surface area contributed by atoms with Crippen LogP contribution in [-0.2, 0) is 25.4 Å². The zero-order valence-corrected chi connectivity index (χ0v) is 20.7. The van der Waals surface area contributed by atoms with Crippen LogP contribution in [0.2, 0.25) is 18.1 Å². The number of rotatable bonds is 7. The van der Waals surface area contributed by atoms with E-state index in [1.54, 1.807) is 23.1 Å². The second-order valence-electron chi connectivity index (χ2n) is 10.2. The first-order valence-electron chi connectivity index (χ1n) is 10.9. The molecule has 1 aromatic carbocycles. The predicted molar refractivity (Wildman–Crippen MR) is 122 cm³/mol. The summed E-state index contributed by atoms with van der Waals surface area (Å²) in [5.74, 6) is -0.938. The van der Waals surface area contributed by atoms with Crippen molar-refractivity contribution in [2.75, 3.05) is 0 Å². The van der Waals surface area contributed by atoms with Crippen molar-refractivity contribution in [1.82, 2.24) is 4.90 Å². The molecule has 3 rings (SSSR count). The molecular formula is C23H32N2O6Si. The van der Waals surface area contributed by atoms with Gasteiger partial charge in [0, 0.05) is 12.1 Å². The number of nitrogens with zero attached hydrogens (tertiary/aromatic N) is 2. The number of hydrogen-bond donors (Lipinski definition) is 0. The predicted octanol–water partition coefficient (Wildman–Crippen LogP) is 4.41. The van der Waals surface area contributed by atoms with Crippen molar-refractivity contribution in [3.05, 3.63) is 51.7 Å². The molecule has 2 aliphatic heterocycles. The second kappa shape index (κ2) is 8.44. The molecule has 9 heteroatoms. The van der Waals surface area contributed by atoms with E-state index in [1.807, 2.05) is 13.8 Å². The molecule has 4 atom stereocenters. The summed E-state index contributed by atoms with van der Waals surface area (Å²) >= 11 is 0. The minimum absolute atomic E-state index is 0.0186. The maximum Gasteiger partial charge on any atom is 0.355 e. The van der Waals surface area contributed by atoms with Gasteiger partial charge in [0.15, 0.2) is 8.32 Å². The zero-order chi connectivity index (χ0) is 24.0. The van der Waals surface area contributed by atoms with Crippen LogP contribution in [0.4, 0.5) is 5.69 Å². The Labute approximate surface area is 189 Å². The number of hydrogen-bond acceptors (Lipinski definition) is 6. The Hall–Kier alpha value is -2.52. The molecule has 0 saturated carbocycles. The Morgan fingerprint density at radius 1 is 1.25 bits per heavy atom. The van der Waals surface area contributed by atoms with Crippen molar-refractivity contribution in [3.63, 3.8) is 0 Å². The molecule has 0 radical (unpaired) electrons. The first kappa shape index (κ1) is 24.1. The lowest BCUT2D eigenvalue weighted by Crippen LogP contribution is -2.65. The van der Waals surface area contributed by atoms with E-state index in [4.69, 9.17) is 9.16 Å². The maximum absolute atomic E-state index is 13.0. The van der Waals surface area contributed by atoms with Crippen LogP contribution in [0.15, 0.2) is 36.0 Å². The molecule has 0 bridgehead atoms. The SMILES string of the molecule is CC1C=C(C(=O)OCc2ccc([N+](=O)[O-])cc2)N2C(=O)C([C@@H](C)O[Si](C)(C)C(C)(C)C)C12. The van der Waals surface area contributed by atoms with Gasteiger partial charge in [-0.2, -0.15) is 0 Å². The molecule has 1 aromatic rings. The Bertz CT molecular complexity index is 950. The zero-order valence-electron chi connectivity index (χ0n) is 19.7. The molecule has 174 valence electrons. The number of esters is 1. The van der Waals surface area contributed by atoms with Crippen molar-refractivity contribution in [2.45, 2.75) is 71.5 Å². The van der Waals surface area contributed by atoms with Crippen LogP contribution in [-0.4, -0.2) is 42.2 Å². The lowest BCUT2D eigenvalue weighted by atomic mass is 9.79. The first-order valence-corrected chi connectivity index (χ1v) is 13.8. The molecule has 1 saturated heterocycles. The summed E-state index contributed by atoms with van der Waals surface area (Å²) in [5.41, 5.74) is 0.878. The van der Waals surface area contributed by atoms with Gasteiger partial charge in [0.2, 0.25) is 5.91 Å². The third kappa shape index (κ3) is 4.36. The van der Waals surface area contributed by atoms with Crippen LogP contribution in [0.1, 0.15) is 40.2 Å². The van der Waals surface area contributed by atoms with E-state index in [-0.39, 0.29) is 52.9 Å². The van der Waals surface area contributed by atoms with Crippen LogP contribution >= 0.6 is 0 Å². The third-order valence-corrected chi connectivity index (χ3v) is 11.5. The highest BCUT2D eigenvalue weighted by atomic mass is 28.4. The molecule has 1 amide bonds. The molecule has 1 fully saturated rings. The summed E-state index contributed by atoms with van der Waals surface area (Å²) in [6.07, 6.45) is 1.57. The Balaban J connectivity index is 1.63. The van der Waals surface area contributed by atoms with Crippen LogP contribution in [0.5, 0.6) is 0 Å². The van der Waals surface area contributed by atoms with Crippen LogP contribution in [0.3, 0.4) is 0 Å². The number of amides is 1. The van der Waals surface area contributed by atoms with Gasteiger partial charge in [0.05, 0.1) is 23.0 Å². The Morgan fingerprint density at radius 2 is 1.84 bits per heavy atom. The highest BCUT2D eigenvalue weighted by Crippen LogP contribution is 2.46. The van der Waals surface area contributed by atoms with Gasteiger partial charge in [0.25, 0.3) is 5.69 Å². The summed E-state index contributed by atoms with van der Waals surface area (Å²) < 4.78 is 11.9. The fraction of sp³-hybridized carbons (Fsp3) is 0.565. The highest BCUT2D eigenvalue weighted by molar-refractivity contribution is 6.74. The average Bonchev–Trinajstić information content (AvgIpc) is 2.97. The largest absolute Gasteiger partial charge is 0.456 e. The van der Waals surface area contributed by atoms with Crippen molar-refractivity contribution < 1.29 is 23.7 Å². The number of β-lactam (4-membered cyclic amide) rings is 1. The fourth-order valence-electron chi connectivity index (χ4n) is 4.10. The molecule has 0 spiro atoms.